The largest absolute Gasteiger partial charge is 0.414 e. The van der Waals surface area contributed by atoms with Gasteiger partial charge < -0.3 is 15.0 Å². The lowest BCUT2D eigenvalue weighted by molar-refractivity contribution is -0.115. The molecule has 1 aliphatic carbocycles. The smallest absolute Gasteiger partial charge is 0.412 e. The van der Waals surface area contributed by atoms with Gasteiger partial charge in [0.05, 0.1) is 11.6 Å². The molecule has 1 fully saturated rings. The molecule has 1 unspecified atom stereocenters. The number of rotatable bonds is 4. The Morgan fingerprint density at radius 3 is 2.56 bits per heavy atom. The second kappa shape index (κ2) is 6.54. The highest BCUT2D eigenvalue weighted by atomic mass is 16.6. The van der Waals surface area contributed by atoms with Crippen molar-refractivity contribution in [2.45, 2.75) is 52.0 Å². The van der Waals surface area contributed by atoms with Crippen LogP contribution in [0.2, 0.25) is 0 Å². The maximum atomic E-state index is 12.6. The number of benzene rings is 1. The summed E-state index contributed by atoms with van der Waals surface area (Å²) in [5.74, 6) is 0.904. The van der Waals surface area contributed by atoms with Crippen LogP contribution < -0.4 is 5.32 Å². The Kier molecular flexibility index (Phi) is 4.58. The molecule has 1 aromatic rings. The first-order chi connectivity index (χ1) is 11.8. The van der Waals surface area contributed by atoms with Crippen LogP contribution in [0.3, 0.4) is 0 Å². The first-order valence-electron chi connectivity index (χ1n) is 8.91. The van der Waals surface area contributed by atoms with Crippen LogP contribution >= 0.6 is 0 Å². The normalized spacial score (nSPS) is 19.9. The standard InChI is InChI=1S/C20H26N2O3/c1-6-13-10-15(14-7-8-14)9-11(2)16(13)17-18(12(3)21-19(17)23)25-20(24)22(4)5/h9-10,12,14H,6-8H2,1-5H3,(H,21,23). The maximum absolute atomic E-state index is 12.6. The van der Waals surface area contributed by atoms with E-state index >= 15 is 0 Å². The van der Waals surface area contributed by atoms with Crippen LogP contribution in [-0.2, 0) is 16.0 Å². The van der Waals surface area contributed by atoms with Crippen LogP contribution in [0.4, 0.5) is 4.79 Å². The molecule has 1 atom stereocenters. The zero-order chi connectivity index (χ0) is 18.3. The van der Waals surface area contributed by atoms with E-state index in [9.17, 15) is 9.59 Å². The molecule has 5 nitrogen and oxygen atoms in total. The van der Waals surface area contributed by atoms with Crippen LogP contribution in [0.15, 0.2) is 17.9 Å². The number of nitrogens with one attached hydrogen (secondary N) is 1. The van der Waals surface area contributed by atoms with Gasteiger partial charge in [-0.2, -0.15) is 0 Å². The number of amides is 2. The summed E-state index contributed by atoms with van der Waals surface area (Å²) < 4.78 is 5.55. The molecular weight excluding hydrogens is 316 g/mol. The number of nitrogens with zero attached hydrogens (tertiary/aromatic N) is 1. The molecule has 25 heavy (non-hydrogen) atoms. The van der Waals surface area contributed by atoms with Crippen molar-refractivity contribution in [3.8, 4) is 0 Å². The van der Waals surface area contributed by atoms with E-state index in [1.807, 2.05) is 13.8 Å². The highest BCUT2D eigenvalue weighted by Crippen LogP contribution is 2.42. The summed E-state index contributed by atoms with van der Waals surface area (Å²) in [6, 6.07) is 4.08. The summed E-state index contributed by atoms with van der Waals surface area (Å²) >= 11 is 0. The summed E-state index contributed by atoms with van der Waals surface area (Å²) in [6.07, 6.45) is 2.85. The van der Waals surface area contributed by atoms with E-state index in [0.29, 0.717) is 17.3 Å². The second-order valence-corrected chi connectivity index (χ2v) is 7.20. The van der Waals surface area contributed by atoms with Crippen molar-refractivity contribution in [2.75, 3.05) is 14.1 Å². The molecule has 0 radical (unpaired) electrons. The molecule has 5 heteroatoms. The van der Waals surface area contributed by atoms with Crippen LogP contribution in [0, 0.1) is 6.92 Å². The highest BCUT2D eigenvalue weighted by molar-refractivity contribution is 6.23. The third kappa shape index (κ3) is 3.28. The van der Waals surface area contributed by atoms with E-state index in [2.05, 4.69) is 24.4 Å². The van der Waals surface area contributed by atoms with Crippen LogP contribution in [0.1, 0.15) is 54.9 Å². The lowest BCUT2D eigenvalue weighted by atomic mass is 9.89. The average molecular weight is 342 g/mol. The fraction of sp³-hybridized carbons (Fsp3) is 0.500. The zero-order valence-electron chi connectivity index (χ0n) is 15.6. The predicted molar refractivity (Wildman–Crippen MR) is 97.2 cm³/mol. The minimum atomic E-state index is -0.471. The van der Waals surface area contributed by atoms with Gasteiger partial charge in [0.25, 0.3) is 5.91 Å². The van der Waals surface area contributed by atoms with Crippen molar-refractivity contribution in [3.05, 3.63) is 40.1 Å². The van der Waals surface area contributed by atoms with E-state index in [1.165, 1.54) is 23.3 Å². The summed E-state index contributed by atoms with van der Waals surface area (Å²) in [4.78, 5) is 26.0. The number of carbonyl (C=O) groups is 2. The molecule has 1 heterocycles. The van der Waals surface area contributed by atoms with Crippen LogP contribution in [-0.4, -0.2) is 37.0 Å². The van der Waals surface area contributed by atoms with Gasteiger partial charge in [-0.3, -0.25) is 4.79 Å². The Morgan fingerprint density at radius 2 is 2.00 bits per heavy atom. The van der Waals surface area contributed by atoms with Crippen molar-refractivity contribution < 1.29 is 14.3 Å². The molecule has 0 saturated heterocycles. The quantitative estimate of drug-likeness (QED) is 0.913. The van der Waals surface area contributed by atoms with Gasteiger partial charge in [-0.15, -0.1) is 0 Å². The van der Waals surface area contributed by atoms with Gasteiger partial charge in [0, 0.05) is 14.1 Å². The molecule has 134 valence electrons. The maximum Gasteiger partial charge on any atom is 0.414 e. The van der Waals surface area contributed by atoms with Crippen LogP contribution in [0.5, 0.6) is 0 Å². The molecular formula is C20H26N2O3. The zero-order valence-corrected chi connectivity index (χ0v) is 15.6. The number of hydrogen-bond donors (Lipinski definition) is 1. The SMILES string of the molecule is CCc1cc(C2CC2)cc(C)c1C1=C(OC(=O)N(C)C)C(C)NC1=O. The molecule has 1 aliphatic heterocycles. The fourth-order valence-electron chi connectivity index (χ4n) is 3.40. The van der Waals surface area contributed by atoms with Gasteiger partial charge in [-0.05, 0) is 61.3 Å². The average Bonchev–Trinajstić information content (AvgIpc) is 3.35. The number of ether oxygens (including phenoxy) is 1. The summed E-state index contributed by atoms with van der Waals surface area (Å²) in [7, 11) is 3.26. The first-order valence-corrected chi connectivity index (χ1v) is 8.91. The minimum absolute atomic E-state index is 0.175. The van der Waals surface area contributed by atoms with Gasteiger partial charge in [-0.25, -0.2) is 4.79 Å². The molecule has 3 rings (SSSR count). The molecule has 1 N–H and O–H groups in total. The van der Waals surface area contributed by atoms with Crippen LogP contribution in [0.25, 0.3) is 5.57 Å². The van der Waals surface area contributed by atoms with Crippen molar-refractivity contribution in [1.29, 1.82) is 0 Å². The third-order valence-electron chi connectivity index (χ3n) is 4.90. The second-order valence-electron chi connectivity index (χ2n) is 7.20. The predicted octanol–water partition coefficient (Wildman–Crippen LogP) is 3.36. The third-order valence-corrected chi connectivity index (χ3v) is 4.90. The van der Waals surface area contributed by atoms with Gasteiger partial charge in [0.2, 0.25) is 0 Å². The Balaban J connectivity index is 2.12. The first kappa shape index (κ1) is 17.5. The van der Waals surface area contributed by atoms with E-state index in [0.717, 1.165) is 23.1 Å². The number of hydrogen-bond acceptors (Lipinski definition) is 3. The monoisotopic (exact) mass is 342 g/mol. The molecule has 2 aliphatic rings. The van der Waals surface area contributed by atoms with E-state index in [1.54, 1.807) is 14.1 Å². The Labute approximate surface area is 149 Å². The number of aryl methyl sites for hydroxylation is 2. The van der Waals surface area contributed by atoms with Gasteiger partial charge in [0.15, 0.2) is 0 Å². The van der Waals surface area contributed by atoms with Crippen molar-refractivity contribution >= 4 is 17.6 Å². The van der Waals surface area contributed by atoms with Crippen molar-refractivity contribution in [1.82, 2.24) is 10.2 Å². The van der Waals surface area contributed by atoms with Gasteiger partial charge in [0.1, 0.15) is 5.76 Å². The molecule has 0 bridgehead atoms. The molecule has 2 amide bonds. The lowest BCUT2D eigenvalue weighted by Crippen LogP contribution is -2.29. The molecule has 0 spiro atoms. The summed E-state index contributed by atoms with van der Waals surface area (Å²) in [6.45, 7) is 5.97. The van der Waals surface area contributed by atoms with E-state index in [4.69, 9.17) is 4.74 Å². The highest BCUT2D eigenvalue weighted by Gasteiger charge is 2.35. The Morgan fingerprint density at radius 1 is 1.32 bits per heavy atom. The lowest BCUT2D eigenvalue weighted by Gasteiger charge is -2.17. The van der Waals surface area contributed by atoms with Crippen molar-refractivity contribution in [3.63, 3.8) is 0 Å². The molecule has 1 aromatic carbocycles. The molecule has 0 aromatic heterocycles. The minimum Gasteiger partial charge on any atom is -0.412 e. The van der Waals surface area contributed by atoms with E-state index in [-0.39, 0.29) is 11.9 Å². The Bertz CT molecular complexity index is 760. The van der Waals surface area contributed by atoms with E-state index < -0.39 is 6.09 Å². The topological polar surface area (TPSA) is 58.6 Å². The summed E-state index contributed by atoms with van der Waals surface area (Å²) in [5, 5.41) is 2.88. The molecule has 1 saturated carbocycles. The van der Waals surface area contributed by atoms with Gasteiger partial charge in [-0.1, -0.05) is 19.1 Å². The Hall–Kier alpha value is -2.30. The van der Waals surface area contributed by atoms with Gasteiger partial charge >= 0.3 is 6.09 Å². The number of carbonyl (C=O) groups excluding carboxylic acids is 2. The summed E-state index contributed by atoms with van der Waals surface area (Å²) in [5.41, 5.74) is 4.98. The fourth-order valence-corrected chi connectivity index (χ4v) is 3.40. The van der Waals surface area contributed by atoms with Crippen molar-refractivity contribution in [2.24, 2.45) is 0 Å².